The molecule has 1 saturated carbocycles. The van der Waals surface area contributed by atoms with Gasteiger partial charge in [-0.2, -0.15) is 0 Å². The number of hydrogen-bond acceptors (Lipinski definition) is 3. The van der Waals surface area contributed by atoms with E-state index >= 15 is 0 Å². The van der Waals surface area contributed by atoms with E-state index in [1.165, 1.54) is 0 Å². The van der Waals surface area contributed by atoms with Crippen LogP contribution in [0.15, 0.2) is 24.3 Å². The number of hydrogen-bond donors (Lipinski definition) is 2. The van der Waals surface area contributed by atoms with E-state index in [0.717, 1.165) is 12.8 Å². The molecule has 0 unspecified atom stereocenters. The first-order chi connectivity index (χ1) is 8.50. The summed E-state index contributed by atoms with van der Waals surface area (Å²) in [5.41, 5.74) is 0.950. The van der Waals surface area contributed by atoms with Crippen LogP contribution in [-0.4, -0.2) is 19.5 Å². The molecule has 1 amide bonds. The molecule has 1 aliphatic carbocycles. The average Bonchev–Trinajstić information content (AvgIpc) is 3.12. The van der Waals surface area contributed by atoms with E-state index in [1.54, 1.807) is 24.3 Å². The van der Waals surface area contributed by atoms with E-state index in [9.17, 15) is 13.2 Å². The van der Waals surface area contributed by atoms with E-state index < -0.39 is 15.2 Å². The Morgan fingerprint density at radius 2 is 2.00 bits per heavy atom. The van der Waals surface area contributed by atoms with Gasteiger partial charge in [0, 0.05) is 11.6 Å². The lowest BCUT2D eigenvalue weighted by Gasteiger charge is -2.08. The van der Waals surface area contributed by atoms with Crippen LogP contribution in [0.4, 0.5) is 11.4 Å². The van der Waals surface area contributed by atoms with Gasteiger partial charge in [-0.1, -0.05) is 6.07 Å². The van der Waals surface area contributed by atoms with Gasteiger partial charge in [0.05, 0.1) is 5.69 Å². The highest BCUT2D eigenvalue weighted by Gasteiger charge is 2.29. The molecule has 2 rings (SSSR count). The van der Waals surface area contributed by atoms with Crippen molar-refractivity contribution < 1.29 is 13.2 Å². The molecule has 7 heteroatoms. The van der Waals surface area contributed by atoms with Crippen LogP contribution in [0.2, 0.25) is 0 Å². The second-order valence-corrected chi connectivity index (χ2v) is 6.48. The van der Waals surface area contributed by atoms with Gasteiger partial charge in [0.15, 0.2) is 0 Å². The average molecular weight is 289 g/mol. The van der Waals surface area contributed by atoms with E-state index in [4.69, 9.17) is 11.6 Å². The molecule has 1 aromatic rings. The van der Waals surface area contributed by atoms with Crippen molar-refractivity contribution in [3.63, 3.8) is 0 Å². The fourth-order valence-corrected chi connectivity index (χ4v) is 2.16. The highest BCUT2D eigenvalue weighted by atomic mass is 35.5. The summed E-state index contributed by atoms with van der Waals surface area (Å²) >= 11 is 5.30. The van der Waals surface area contributed by atoms with Gasteiger partial charge in [0.25, 0.3) is 0 Å². The van der Waals surface area contributed by atoms with Crippen molar-refractivity contribution in [2.45, 2.75) is 12.8 Å². The minimum absolute atomic E-state index is 0.0210. The third-order valence-electron chi connectivity index (χ3n) is 2.50. The number of sulfonamides is 1. The van der Waals surface area contributed by atoms with Gasteiger partial charge < -0.3 is 5.32 Å². The fraction of sp³-hybridized carbons (Fsp3) is 0.364. The largest absolute Gasteiger partial charge is 0.326 e. The van der Waals surface area contributed by atoms with Crippen molar-refractivity contribution in [3.8, 4) is 0 Å². The maximum absolute atomic E-state index is 11.6. The number of nitrogens with one attached hydrogen (secondary N) is 2. The molecule has 18 heavy (non-hydrogen) atoms. The first-order valence-corrected chi connectivity index (χ1v) is 7.66. The van der Waals surface area contributed by atoms with Crippen LogP contribution in [0.25, 0.3) is 0 Å². The quantitative estimate of drug-likeness (QED) is 0.814. The van der Waals surface area contributed by atoms with Gasteiger partial charge in [-0.25, -0.2) is 8.42 Å². The first-order valence-electron chi connectivity index (χ1n) is 5.47. The lowest BCUT2D eigenvalue weighted by Crippen LogP contribution is -2.15. The Morgan fingerprint density at radius 3 is 2.61 bits per heavy atom. The lowest BCUT2D eigenvalue weighted by atomic mass is 10.2. The SMILES string of the molecule is O=C(Nc1cccc(NS(=O)(=O)CCl)c1)C1CC1. The zero-order valence-electron chi connectivity index (χ0n) is 9.52. The Hall–Kier alpha value is -1.27. The standard InChI is InChI=1S/C11H13ClN2O3S/c12-7-18(16,17)14-10-3-1-2-9(6-10)13-11(15)8-4-5-8/h1-3,6,8,14H,4-5,7H2,(H,13,15). The summed E-state index contributed by atoms with van der Waals surface area (Å²) in [4.78, 5) is 11.6. The highest BCUT2D eigenvalue weighted by Crippen LogP contribution is 2.30. The fourth-order valence-electron chi connectivity index (χ4n) is 1.46. The number of carbonyl (C=O) groups is 1. The summed E-state index contributed by atoms with van der Waals surface area (Å²) in [7, 11) is -3.52. The molecule has 0 bridgehead atoms. The molecule has 0 radical (unpaired) electrons. The number of amides is 1. The maximum atomic E-state index is 11.6. The van der Waals surface area contributed by atoms with Crippen molar-refractivity contribution in [1.29, 1.82) is 0 Å². The van der Waals surface area contributed by atoms with Gasteiger partial charge in [0.2, 0.25) is 15.9 Å². The lowest BCUT2D eigenvalue weighted by molar-refractivity contribution is -0.117. The number of rotatable bonds is 5. The van der Waals surface area contributed by atoms with Gasteiger partial charge in [0.1, 0.15) is 5.21 Å². The van der Waals surface area contributed by atoms with Crippen LogP contribution in [0.5, 0.6) is 0 Å². The Morgan fingerprint density at radius 1 is 1.33 bits per heavy atom. The third-order valence-corrected chi connectivity index (χ3v) is 4.19. The van der Waals surface area contributed by atoms with Gasteiger partial charge in [-0.05, 0) is 31.0 Å². The van der Waals surface area contributed by atoms with Crippen molar-refractivity contribution in [1.82, 2.24) is 0 Å². The van der Waals surface area contributed by atoms with Crippen LogP contribution in [0, 0.1) is 5.92 Å². The Balaban J connectivity index is 2.07. The predicted molar refractivity (Wildman–Crippen MR) is 71.1 cm³/mol. The molecular formula is C11H13ClN2O3S. The summed E-state index contributed by atoms with van der Waals surface area (Å²) in [6, 6.07) is 6.52. The van der Waals surface area contributed by atoms with Crippen LogP contribution in [0.1, 0.15) is 12.8 Å². The molecule has 2 N–H and O–H groups in total. The Bertz CT molecular complexity index is 555. The number of alkyl halides is 1. The van der Waals surface area contributed by atoms with E-state index in [-0.39, 0.29) is 11.8 Å². The summed E-state index contributed by atoms with van der Waals surface area (Å²) in [5.74, 6) is 0.0838. The van der Waals surface area contributed by atoms with Crippen LogP contribution >= 0.6 is 11.6 Å². The van der Waals surface area contributed by atoms with Crippen molar-refractivity contribution in [2.24, 2.45) is 5.92 Å². The van der Waals surface area contributed by atoms with E-state index in [2.05, 4.69) is 10.0 Å². The van der Waals surface area contributed by atoms with E-state index in [1.807, 2.05) is 0 Å². The van der Waals surface area contributed by atoms with Crippen molar-refractivity contribution in [3.05, 3.63) is 24.3 Å². The van der Waals surface area contributed by atoms with Crippen molar-refractivity contribution >= 4 is 38.9 Å². The number of benzene rings is 1. The monoisotopic (exact) mass is 288 g/mol. The third kappa shape index (κ3) is 3.61. The Kier molecular flexibility index (Phi) is 3.77. The second-order valence-electron chi connectivity index (χ2n) is 4.17. The molecule has 0 heterocycles. The molecule has 0 atom stereocenters. The smallest absolute Gasteiger partial charge is 0.246 e. The maximum Gasteiger partial charge on any atom is 0.246 e. The molecule has 1 aliphatic rings. The molecule has 1 aromatic carbocycles. The molecular weight excluding hydrogens is 276 g/mol. The number of halogens is 1. The minimum atomic E-state index is -3.52. The summed E-state index contributed by atoms with van der Waals surface area (Å²) in [6.07, 6.45) is 1.84. The number of carbonyl (C=O) groups excluding carboxylic acids is 1. The van der Waals surface area contributed by atoms with Gasteiger partial charge in [-0.3, -0.25) is 9.52 Å². The minimum Gasteiger partial charge on any atom is -0.326 e. The van der Waals surface area contributed by atoms with Crippen molar-refractivity contribution in [2.75, 3.05) is 15.3 Å². The zero-order valence-corrected chi connectivity index (χ0v) is 11.1. The second kappa shape index (κ2) is 5.16. The molecule has 5 nitrogen and oxygen atoms in total. The predicted octanol–water partition coefficient (Wildman–Crippen LogP) is 1.97. The van der Waals surface area contributed by atoms with Crippen LogP contribution in [0.3, 0.4) is 0 Å². The summed E-state index contributed by atoms with van der Waals surface area (Å²) in [6.45, 7) is 0. The first kappa shape index (κ1) is 13.2. The topological polar surface area (TPSA) is 75.3 Å². The molecule has 0 aromatic heterocycles. The van der Waals surface area contributed by atoms with Gasteiger partial charge in [-0.15, -0.1) is 11.6 Å². The molecule has 0 saturated heterocycles. The summed E-state index contributed by atoms with van der Waals surface area (Å²) < 4.78 is 24.9. The van der Waals surface area contributed by atoms with E-state index in [0.29, 0.717) is 11.4 Å². The molecule has 98 valence electrons. The zero-order chi connectivity index (χ0) is 13.2. The molecule has 0 aliphatic heterocycles. The number of anilines is 2. The van der Waals surface area contributed by atoms with Gasteiger partial charge >= 0.3 is 0 Å². The van der Waals surface area contributed by atoms with Crippen LogP contribution < -0.4 is 10.0 Å². The van der Waals surface area contributed by atoms with Crippen LogP contribution in [-0.2, 0) is 14.8 Å². The molecule has 0 spiro atoms. The summed E-state index contributed by atoms with van der Waals surface area (Å²) in [5, 5.41) is 2.23. The highest BCUT2D eigenvalue weighted by molar-refractivity contribution is 7.93. The normalized spacial score (nSPS) is 15.2. The molecule has 1 fully saturated rings. The Labute approximate surface area is 111 Å².